The van der Waals surface area contributed by atoms with Gasteiger partial charge in [0.25, 0.3) is 0 Å². The number of alkyl halides is 1. The third kappa shape index (κ3) is 5.79. The first-order valence-corrected chi connectivity index (χ1v) is 6.87. The minimum atomic E-state index is -0.649. The Morgan fingerprint density at radius 2 is 1.87 bits per heavy atom. The molecule has 0 N–H and O–H groups in total. The van der Waals surface area contributed by atoms with Crippen LogP contribution in [0.3, 0.4) is 0 Å². The normalized spacial score (nSPS) is 17.8. The number of hydrogen-bond donors (Lipinski definition) is 1. The van der Waals surface area contributed by atoms with Crippen LogP contribution in [0.15, 0.2) is 0 Å². The quantitative estimate of drug-likeness (QED) is 0.568. The molecule has 0 fully saturated rings. The molecular formula is C13H27FS. The van der Waals surface area contributed by atoms with Crippen LogP contribution >= 0.6 is 12.6 Å². The van der Waals surface area contributed by atoms with Crippen molar-refractivity contribution in [2.24, 2.45) is 11.3 Å². The van der Waals surface area contributed by atoms with E-state index >= 15 is 0 Å². The lowest BCUT2D eigenvalue weighted by atomic mass is 9.76. The van der Waals surface area contributed by atoms with Gasteiger partial charge in [0.05, 0.1) is 0 Å². The lowest BCUT2D eigenvalue weighted by molar-refractivity contribution is 0.166. The number of hydrogen-bond acceptors (Lipinski definition) is 1. The number of halogens is 1. The Hall–Kier alpha value is 0.280. The van der Waals surface area contributed by atoms with E-state index in [1.165, 1.54) is 6.42 Å². The predicted octanol–water partition coefficient (Wildman–Crippen LogP) is 4.89. The lowest BCUT2D eigenvalue weighted by Crippen LogP contribution is -2.27. The zero-order chi connectivity index (χ0) is 11.9. The van der Waals surface area contributed by atoms with Gasteiger partial charge in [0.2, 0.25) is 0 Å². The van der Waals surface area contributed by atoms with E-state index < -0.39 is 6.17 Å². The molecule has 2 heteroatoms. The van der Waals surface area contributed by atoms with Gasteiger partial charge in [-0.2, -0.15) is 12.6 Å². The molecule has 0 nitrogen and oxygen atoms in total. The Labute approximate surface area is 100 Å². The van der Waals surface area contributed by atoms with E-state index in [-0.39, 0.29) is 5.41 Å². The van der Waals surface area contributed by atoms with Crippen LogP contribution in [-0.4, -0.2) is 11.9 Å². The molecule has 0 aromatic rings. The molecule has 2 unspecified atom stereocenters. The lowest BCUT2D eigenvalue weighted by Gasteiger charge is -2.33. The van der Waals surface area contributed by atoms with Crippen LogP contribution in [0.4, 0.5) is 4.39 Å². The highest BCUT2D eigenvalue weighted by atomic mass is 32.1. The van der Waals surface area contributed by atoms with Gasteiger partial charge < -0.3 is 0 Å². The summed E-state index contributed by atoms with van der Waals surface area (Å²) in [4.78, 5) is 0. The Balaban J connectivity index is 4.29. The second-order valence-electron chi connectivity index (χ2n) is 5.15. The van der Waals surface area contributed by atoms with Gasteiger partial charge in [-0.3, -0.25) is 0 Å². The molecule has 0 aromatic carbocycles. The van der Waals surface area contributed by atoms with Crippen LogP contribution in [0.2, 0.25) is 0 Å². The van der Waals surface area contributed by atoms with Crippen LogP contribution in [0.25, 0.3) is 0 Å². The SMILES string of the molecule is CCC(F)CC(CC)(CS)CCC(C)C. The molecule has 0 spiro atoms. The average molecular weight is 234 g/mol. The largest absolute Gasteiger partial charge is 0.247 e. The maximum absolute atomic E-state index is 13.5. The smallest absolute Gasteiger partial charge is 0.100 e. The molecule has 2 atom stereocenters. The fourth-order valence-electron chi connectivity index (χ4n) is 1.89. The van der Waals surface area contributed by atoms with E-state index in [1.807, 2.05) is 6.92 Å². The molecule has 0 aliphatic carbocycles. The third-order valence-electron chi connectivity index (χ3n) is 3.43. The highest BCUT2D eigenvalue weighted by molar-refractivity contribution is 7.80. The van der Waals surface area contributed by atoms with Crippen LogP contribution in [0, 0.1) is 11.3 Å². The fourth-order valence-corrected chi connectivity index (χ4v) is 2.40. The Kier molecular flexibility index (Phi) is 7.68. The third-order valence-corrected chi connectivity index (χ3v) is 4.11. The number of thiol groups is 1. The molecule has 0 amide bonds. The van der Waals surface area contributed by atoms with E-state index in [2.05, 4.69) is 33.4 Å². The second kappa shape index (κ2) is 7.54. The minimum absolute atomic E-state index is 0.128. The van der Waals surface area contributed by atoms with Crippen molar-refractivity contribution in [1.82, 2.24) is 0 Å². The topological polar surface area (TPSA) is 0 Å². The average Bonchev–Trinajstić information content (AvgIpc) is 2.24. The maximum Gasteiger partial charge on any atom is 0.100 e. The van der Waals surface area contributed by atoms with Crippen molar-refractivity contribution >= 4 is 12.6 Å². The fraction of sp³-hybridized carbons (Fsp3) is 1.00. The molecule has 92 valence electrons. The molecule has 0 aliphatic heterocycles. The van der Waals surface area contributed by atoms with Gasteiger partial charge in [0.15, 0.2) is 0 Å². The molecule has 0 heterocycles. The van der Waals surface area contributed by atoms with Gasteiger partial charge in [0.1, 0.15) is 6.17 Å². The summed E-state index contributed by atoms with van der Waals surface area (Å²) in [5.41, 5.74) is 0.128. The predicted molar refractivity (Wildman–Crippen MR) is 70.5 cm³/mol. The molecular weight excluding hydrogens is 207 g/mol. The summed E-state index contributed by atoms with van der Waals surface area (Å²) in [6.07, 6.45) is 4.02. The molecule has 0 rings (SSSR count). The highest BCUT2D eigenvalue weighted by Crippen LogP contribution is 2.37. The summed E-state index contributed by atoms with van der Waals surface area (Å²) in [6.45, 7) is 8.54. The summed E-state index contributed by atoms with van der Waals surface area (Å²) in [7, 11) is 0. The van der Waals surface area contributed by atoms with Crippen molar-refractivity contribution < 1.29 is 4.39 Å². The van der Waals surface area contributed by atoms with Crippen molar-refractivity contribution in [1.29, 1.82) is 0 Å². The summed E-state index contributed by atoms with van der Waals surface area (Å²) in [5.74, 6) is 1.52. The van der Waals surface area contributed by atoms with Crippen LogP contribution in [0.5, 0.6) is 0 Å². The monoisotopic (exact) mass is 234 g/mol. The van der Waals surface area contributed by atoms with Crippen molar-refractivity contribution in [3.8, 4) is 0 Å². The van der Waals surface area contributed by atoms with E-state index in [0.717, 1.165) is 18.6 Å². The molecule has 0 aliphatic rings. The van der Waals surface area contributed by atoms with Crippen LogP contribution in [0.1, 0.15) is 59.8 Å². The van der Waals surface area contributed by atoms with E-state index in [9.17, 15) is 4.39 Å². The standard InChI is InChI=1S/C13H27FS/c1-5-12(14)9-13(6-2,10-15)8-7-11(3)4/h11-12,15H,5-10H2,1-4H3. The van der Waals surface area contributed by atoms with Gasteiger partial charge in [-0.25, -0.2) is 4.39 Å². The molecule has 0 aromatic heterocycles. The molecule has 0 radical (unpaired) electrons. The Bertz CT molecular complexity index is 153. The van der Waals surface area contributed by atoms with E-state index in [1.54, 1.807) is 0 Å². The summed E-state index contributed by atoms with van der Waals surface area (Å²) in [6, 6.07) is 0. The molecule has 0 saturated carbocycles. The zero-order valence-electron chi connectivity index (χ0n) is 10.7. The Morgan fingerprint density at radius 3 is 2.20 bits per heavy atom. The van der Waals surface area contributed by atoms with Gasteiger partial charge in [-0.1, -0.05) is 34.1 Å². The molecule has 0 bridgehead atoms. The van der Waals surface area contributed by atoms with Gasteiger partial charge in [-0.05, 0) is 42.8 Å². The maximum atomic E-state index is 13.5. The van der Waals surface area contributed by atoms with Crippen LogP contribution in [-0.2, 0) is 0 Å². The number of rotatable bonds is 8. The van der Waals surface area contributed by atoms with Crippen molar-refractivity contribution in [2.45, 2.75) is 66.0 Å². The summed E-state index contributed by atoms with van der Waals surface area (Å²) in [5, 5.41) is 0. The van der Waals surface area contributed by atoms with E-state index in [0.29, 0.717) is 18.8 Å². The van der Waals surface area contributed by atoms with Gasteiger partial charge in [-0.15, -0.1) is 0 Å². The van der Waals surface area contributed by atoms with Crippen molar-refractivity contribution in [2.75, 3.05) is 5.75 Å². The van der Waals surface area contributed by atoms with Crippen molar-refractivity contribution in [3.63, 3.8) is 0 Å². The highest BCUT2D eigenvalue weighted by Gasteiger charge is 2.29. The Morgan fingerprint density at radius 1 is 1.27 bits per heavy atom. The first kappa shape index (κ1) is 15.3. The first-order valence-electron chi connectivity index (χ1n) is 6.24. The van der Waals surface area contributed by atoms with Crippen molar-refractivity contribution in [3.05, 3.63) is 0 Å². The summed E-state index contributed by atoms with van der Waals surface area (Å²) < 4.78 is 13.5. The van der Waals surface area contributed by atoms with E-state index in [4.69, 9.17) is 0 Å². The minimum Gasteiger partial charge on any atom is -0.247 e. The first-order chi connectivity index (χ1) is 6.99. The zero-order valence-corrected chi connectivity index (χ0v) is 11.6. The molecule has 15 heavy (non-hydrogen) atoms. The summed E-state index contributed by atoms with van der Waals surface area (Å²) >= 11 is 4.43. The van der Waals surface area contributed by atoms with Gasteiger partial charge in [0, 0.05) is 0 Å². The van der Waals surface area contributed by atoms with Gasteiger partial charge >= 0.3 is 0 Å². The van der Waals surface area contributed by atoms with Crippen LogP contribution < -0.4 is 0 Å². The molecule has 0 saturated heterocycles. The second-order valence-corrected chi connectivity index (χ2v) is 5.47.